The summed E-state index contributed by atoms with van der Waals surface area (Å²) >= 11 is 0. The molecule has 3 unspecified atom stereocenters. The molecule has 7 saturated heterocycles. The fourth-order valence-corrected chi connectivity index (χ4v) is 8.22. The van der Waals surface area contributed by atoms with E-state index in [4.69, 9.17) is 4.74 Å². The Balaban J connectivity index is 1.42. The van der Waals surface area contributed by atoms with Crippen molar-refractivity contribution in [3.63, 3.8) is 0 Å². The van der Waals surface area contributed by atoms with E-state index in [0.717, 1.165) is 85.1 Å². The lowest BCUT2D eigenvalue weighted by Crippen LogP contribution is -2.92. The molecule has 10 nitrogen and oxygen atoms in total. The van der Waals surface area contributed by atoms with Crippen LogP contribution in [0.25, 0.3) is 0 Å². The summed E-state index contributed by atoms with van der Waals surface area (Å²) in [5.74, 6) is -0.738. The molecule has 0 amide bonds. The van der Waals surface area contributed by atoms with E-state index in [9.17, 15) is 0 Å². The highest BCUT2D eigenvalue weighted by Gasteiger charge is 2.74. The van der Waals surface area contributed by atoms with Crippen molar-refractivity contribution in [3.8, 4) is 0 Å². The standard InChI is InChI=1S/C27H51N9O/c1-2-14-31(15-3-1)26(32-19-9-29-10-20-32)27(34-22-23-34,33-16-4-5-17-33)37-25(30-12-7-13-30)24-36(26)35-18-6-8-28-11-21-35/h25,28-29H,1-24H2. The van der Waals surface area contributed by atoms with E-state index in [-0.39, 0.29) is 12.0 Å². The number of rotatable bonds is 6. The number of piperazine rings is 1. The number of nitrogens with zero attached hydrogens (tertiary/aromatic N) is 7. The van der Waals surface area contributed by atoms with Crippen molar-refractivity contribution in [1.82, 2.24) is 45.2 Å². The predicted molar refractivity (Wildman–Crippen MR) is 145 cm³/mol. The van der Waals surface area contributed by atoms with Crippen LogP contribution in [0.3, 0.4) is 0 Å². The maximum Gasteiger partial charge on any atom is 0.230 e. The Bertz CT molecular complexity index is 735. The number of nitrogens with one attached hydrogen (secondary N) is 2. The number of piperidine rings is 1. The molecule has 0 aromatic carbocycles. The van der Waals surface area contributed by atoms with Crippen LogP contribution in [0, 0.1) is 0 Å². The highest BCUT2D eigenvalue weighted by Crippen LogP contribution is 2.52. The van der Waals surface area contributed by atoms with Gasteiger partial charge in [0.2, 0.25) is 11.6 Å². The molecule has 0 radical (unpaired) electrons. The van der Waals surface area contributed by atoms with Crippen molar-refractivity contribution in [3.05, 3.63) is 0 Å². The largest absolute Gasteiger partial charge is 0.323 e. The van der Waals surface area contributed by atoms with E-state index < -0.39 is 5.85 Å². The molecule has 7 aliphatic heterocycles. The SMILES string of the molecule is C1CCN(C2(N3CCNCC3)N(N3CCCNCC3)CC(N3CCC3)OC2(N2CCCC2)N2CC2)CC1. The molecule has 7 aliphatic rings. The summed E-state index contributed by atoms with van der Waals surface area (Å²) in [4.78, 5) is 14.0. The van der Waals surface area contributed by atoms with Crippen LogP contribution in [0.2, 0.25) is 0 Å². The van der Waals surface area contributed by atoms with E-state index in [2.05, 4.69) is 45.2 Å². The van der Waals surface area contributed by atoms with Crippen molar-refractivity contribution in [2.75, 3.05) is 111 Å². The number of ether oxygens (including phenoxy) is 1. The van der Waals surface area contributed by atoms with Crippen molar-refractivity contribution < 1.29 is 4.74 Å². The lowest BCUT2D eigenvalue weighted by molar-refractivity contribution is -0.450. The third kappa shape index (κ3) is 4.31. The van der Waals surface area contributed by atoms with E-state index in [1.165, 1.54) is 71.1 Å². The minimum atomic E-state index is -0.434. The maximum atomic E-state index is 7.75. The Morgan fingerprint density at radius 3 is 1.84 bits per heavy atom. The molecule has 7 rings (SSSR count). The van der Waals surface area contributed by atoms with Gasteiger partial charge >= 0.3 is 0 Å². The molecule has 0 bridgehead atoms. The van der Waals surface area contributed by atoms with Gasteiger partial charge in [0.25, 0.3) is 0 Å². The van der Waals surface area contributed by atoms with Gasteiger partial charge in [-0.15, -0.1) is 0 Å². The summed E-state index contributed by atoms with van der Waals surface area (Å²) in [5, 5.41) is 13.1. The zero-order chi connectivity index (χ0) is 24.7. The Kier molecular flexibility index (Phi) is 7.51. The first kappa shape index (κ1) is 25.6. The lowest BCUT2D eigenvalue weighted by Gasteiger charge is -2.71. The fraction of sp³-hybridized carbons (Fsp3) is 1.00. The third-order valence-electron chi connectivity index (χ3n) is 10.1. The normalized spacial score (nSPS) is 41.0. The van der Waals surface area contributed by atoms with Gasteiger partial charge in [0.15, 0.2) is 0 Å². The number of hydrogen-bond donors (Lipinski definition) is 2. The highest BCUT2D eigenvalue weighted by atomic mass is 16.6. The molecular formula is C27H51N9O. The average Bonchev–Trinajstić information content (AvgIpc) is 3.69. The molecule has 10 heteroatoms. The van der Waals surface area contributed by atoms with E-state index >= 15 is 0 Å². The number of hydrazine groups is 1. The first-order chi connectivity index (χ1) is 18.3. The van der Waals surface area contributed by atoms with Crippen LogP contribution in [0.4, 0.5) is 0 Å². The number of morpholine rings is 1. The second kappa shape index (κ2) is 10.9. The van der Waals surface area contributed by atoms with Gasteiger partial charge in [-0.05, 0) is 45.1 Å². The minimum absolute atomic E-state index is 0.159. The second-order valence-corrected chi connectivity index (χ2v) is 12.3. The van der Waals surface area contributed by atoms with Gasteiger partial charge in [0.05, 0.1) is 6.54 Å². The van der Waals surface area contributed by atoms with Crippen molar-refractivity contribution in [1.29, 1.82) is 0 Å². The first-order valence-electron chi connectivity index (χ1n) is 15.7. The summed E-state index contributed by atoms with van der Waals surface area (Å²) in [5.41, 5.74) is 0. The quantitative estimate of drug-likeness (QED) is 0.458. The fourth-order valence-electron chi connectivity index (χ4n) is 8.22. The van der Waals surface area contributed by atoms with Crippen LogP contribution in [0.1, 0.15) is 44.9 Å². The third-order valence-corrected chi connectivity index (χ3v) is 10.1. The second-order valence-electron chi connectivity index (χ2n) is 12.3. The van der Waals surface area contributed by atoms with Crippen LogP contribution in [-0.2, 0) is 4.74 Å². The van der Waals surface area contributed by atoms with Crippen LogP contribution in [-0.4, -0.2) is 164 Å². The number of hydrogen-bond acceptors (Lipinski definition) is 10. The maximum absolute atomic E-state index is 7.75. The summed E-state index contributed by atoms with van der Waals surface area (Å²) < 4.78 is 7.75. The zero-order valence-corrected chi connectivity index (χ0v) is 23.1. The molecule has 0 aliphatic carbocycles. The Hall–Kier alpha value is -0.400. The minimum Gasteiger partial charge on any atom is -0.323 e. The van der Waals surface area contributed by atoms with Crippen LogP contribution in [0.15, 0.2) is 0 Å². The van der Waals surface area contributed by atoms with Crippen LogP contribution < -0.4 is 10.6 Å². The number of likely N-dealkylation sites (tertiary alicyclic amines) is 3. The van der Waals surface area contributed by atoms with E-state index in [0.29, 0.717) is 0 Å². The summed E-state index contributed by atoms with van der Waals surface area (Å²) in [6.45, 7) is 19.0. The highest BCUT2D eigenvalue weighted by molar-refractivity contribution is 5.14. The van der Waals surface area contributed by atoms with Crippen molar-refractivity contribution in [2.24, 2.45) is 0 Å². The molecule has 3 atom stereocenters. The summed E-state index contributed by atoms with van der Waals surface area (Å²) in [6.07, 6.45) is 9.22. The van der Waals surface area contributed by atoms with Gasteiger partial charge in [-0.3, -0.25) is 24.5 Å². The molecule has 7 fully saturated rings. The van der Waals surface area contributed by atoms with E-state index in [1.807, 2.05) is 0 Å². The van der Waals surface area contributed by atoms with Gasteiger partial charge in [-0.1, -0.05) is 6.42 Å². The first-order valence-corrected chi connectivity index (χ1v) is 15.7. The van der Waals surface area contributed by atoms with Gasteiger partial charge in [-0.25, -0.2) is 5.01 Å². The average molecular weight is 518 g/mol. The Morgan fingerprint density at radius 2 is 1.14 bits per heavy atom. The van der Waals surface area contributed by atoms with Crippen LogP contribution >= 0.6 is 0 Å². The topological polar surface area (TPSA) is 55.7 Å². The molecule has 0 saturated carbocycles. The van der Waals surface area contributed by atoms with Crippen molar-refractivity contribution in [2.45, 2.75) is 62.8 Å². The summed E-state index contributed by atoms with van der Waals surface area (Å²) in [6, 6.07) is 0. The van der Waals surface area contributed by atoms with Gasteiger partial charge < -0.3 is 15.4 Å². The predicted octanol–water partition coefficient (Wildman–Crippen LogP) is -0.329. The molecule has 7 heterocycles. The van der Waals surface area contributed by atoms with Gasteiger partial charge in [0, 0.05) is 98.2 Å². The smallest absolute Gasteiger partial charge is 0.230 e. The van der Waals surface area contributed by atoms with Crippen LogP contribution in [0.5, 0.6) is 0 Å². The van der Waals surface area contributed by atoms with Crippen molar-refractivity contribution >= 4 is 0 Å². The molecule has 37 heavy (non-hydrogen) atoms. The monoisotopic (exact) mass is 517 g/mol. The zero-order valence-electron chi connectivity index (χ0n) is 23.1. The Morgan fingerprint density at radius 1 is 0.514 bits per heavy atom. The molecule has 210 valence electrons. The van der Waals surface area contributed by atoms with Gasteiger partial charge in [0.1, 0.15) is 6.23 Å². The molecule has 0 aromatic rings. The van der Waals surface area contributed by atoms with Gasteiger partial charge in [-0.2, -0.15) is 5.01 Å². The Labute approximate surface area is 224 Å². The molecular weight excluding hydrogens is 466 g/mol. The summed E-state index contributed by atoms with van der Waals surface area (Å²) in [7, 11) is 0. The molecule has 0 spiro atoms. The lowest BCUT2D eigenvalue weighted by atomic mass is 9.97. The molecule has 2 N–H and O–H groups in total. The van der Waals surface area contributed by atoms with E-state index in [1.54, 1.807) is 0 Å². The molecule has 0 aromatic heterocycles.